The topological polar surface area (TPSA) is 79.6 Å². The third kappa shape index (κ3) is 3.01. The summed E-state index contributed by atoms with van der Waals surface area (Å²) in [4.78, 5) is 31.1. The van der Waals surface area contributed by atoms with E-state index >= 15 is 0 Å². The molecule has 0 radical (unpaired) electrons. The van der Waals surface area contributed by atoms with Gasteiger partial charge in [-0.3, -0.25) is 14.6 Å². The molecule has 18 heavy (non-hydrogen) atoms. The maximum atomic E-state index is 12.1. The molecule has 0 aliphatic heterocycles. The molecule has 0 fully saturated rings. The van der Waals surface area contributed by atoms with Crippen molar-refractivity contribution in [1.29, 1.82) is 0 Å². The van der Waals surface area contributed by atoms with Crippen molar-refractivity contribution >= 4 is 33.4 Å². The Labute approximate surface area is 113 Å². The number of nitrogens with zero attached hydrogens (tertiary/aromatic N) is 2. The summed E-state index contributed by atoms with van der Waals surface area (Å²) in [6.45, 7) is 3.25. The molecule has 0 bridgehead atoms. The number of carboxylic acid groups (broad SMARTS) is 1. The molecule has 0 aliphatic carbocycles. The van der Waals surface area contributed by atoms with E-state index in [1.807, 2.05) is 0 Å². The summed E-state index contributed by atoms with van der Waals surface area (Å²) in [7, 11) is 1.46. The van der Waals surface area contributed by atoms with Crippen LogP contribution in [-0.4, -0.2) is 34.6 Å². The smallest absolute Gasteiger partial charge is 0.320 e. The molecule has 1 N–H and O–H groups in total. The van der Waals surface area contributed by atoms with Gasteiger partial charge in [0.15, 0.2) is 5.92 Å². The first-order chi connectivity index (χ1) is 8.38. The molecule has 1 rings (SSSR count). The number of Topliss-reactive ketones (excluding diaryl/α,β-unsaturated/α-hetero) is 1. The standard InChI is InChI=1S/C12H13BrN2O3/c1-6-8(13)4-5-9(15-6)11(16)10(12(17)18)7(2)14-3/h4-5,10H,1-3H3,(H,17,18). The van der Waals surface area contributed by atoms with Crippen molar-refractivity contribution in [2.24, 2.45) is 10.9 Å². The summed E-state index contributed by atoms with van der Waals surface area (Å²) in [5.41, 5.74) is 1.03. The molecule has 1 unspecified atom stereocenters. The fourth-order valence-corrected chi connectivity index (χ4v) is 1.66. The molecule has 1 aromatic heterocycles. The average molecular weight is 313 g/mol. The highest BCUT2D eigenvalue weighted by molar-refractivity contribution is 9.10. The minimum Gasteiger partial charge on any atom is -0.480 e. The van der Waals surface area contributed by atoms with E-state index in [-0.39, 0.29) is 11.4 Å². The Kier molecular flexibility index (Phi) is 4.72. The molecular formula is C12H13BrN2O3. The van der Waals surface area contributed by atoms with Crippen molar-refractivity contribution in [3.05, 3.63) is 28.0 Å². The maximum absolute atomic E-state index is 12.1. The highest BCUT2D eigenvalue weighted by Crippen LogP contribution is 2.16. The number of hydrogen-bond acceptors (Lipinski definition) is 4. The molecule has 0 spiro atoms. The van der Waals surface area contributed by atoms with Crippen LogP contribution in [0.25, 0.3) is 0 Å². The first-order valence-electron chi connectivity index (χ1n) is 5.22. The van der Waals surface area contributed by atoms with Gasteiger partial charge in [0, 0.05) is 17.2 Å². The predicted octanol–water partition coefficient (Wildman–Crippen LogP) is 2.13. The second-order valence-electron chi connectivity index (χ2n) is 3.76. The third-order valence-electron chi connectivity index (χ3n) is 2.55. The van der Waals surface area contributed by atoms with Crippen molar-refractivity contribution in [3.63, 3.8) is 0 Å². The van der Waals surface area contributed by atoms with E-state index in [4.69, 9.17) is 5.11 Å². The Morgan fingerprint density at radius 3 is 2.50 bits per heavy atom. The Morgan fingerprint density at radius 2 is 2.06 bits per heavy atom. The average Bonchev–Trinajstić information content (AvgIpc) is 2.32. The molecule has 0 aromatic carbocycles. The maximum Gasteiger partial charge on any atom is 0.320 e. The lowest BCUT2D eigenvalue weighted by atomic mass is 9.96. The van der Waals surface area contributed by atoms with Crippen molar-refractivity contribution in [1.82, 2.24) is 4.98 Å². The van der Waals surface area contributed by atoms with Gasteiger partial charge >= 0.3 is 5.97 Å². The monoisotopic (exact) mass is 312 g/mol. The molecule has 0 saturated carbocycles. The summed E-state index contributed by atoms with van der Waals surface area (Å²) in [5, 5.41) is 9.09. The van der Waals surface area contributed by atoms with Gasteiger partial charge in [0.05, 0.1) is 5.69 Å². The lowest BCUT2D eigenvalue weighted by Gasteiger charge is -2.10. The third-order valence-corrected chi connectivity index (χ3v) is 3.39. The van der Waals surface area contributed by atoms with Gasteiger partial charge in [-0.25, -0.2) is 4.98 Å². The van der Waals surface area contributed by atoms with E-state index in [1.54, 1.807) is 13.0 Å². The number of aromatic nitrogens is 1. The van der Waals surface area contributed by atoms with Crippen molar-refractivity contribution in [2.75, 3.05) is 7.05 Å². The number of hydrogen-bond donors (Lipinski definition) is 1. The fraction of sp³-hybridized carbons (Fsp3) is 0.333. The Hall–Kier alpha value is -1.56. The zero-order valence-electron chi connectivity index (χ0n) is 10.3. The van der Waals surface area contributed by atoms with Gasteiger partial charge in [-0.2, -0.15) is 0 Å². The van der Waals surface area contributed by atoms with Crippen molar-refractivity contribution in [2.45, 2.75) is 13.8 Å². The van der Waals surface area contributed by atoms with Crippen LogP contribution in [0.15, 0.2) is 21.6 Å². The molecule has 96 valence electrons. The Bertz CT molecular complexity index is 526. The van der Waals surface area contributed by atoms with Gasteiger partial charge in [0.2, 0.25) is 5.78 Å². The number of pyridine rings is 1. The SMILES string of the molecule is CN=C(C)C(C(=O)O)C(=O)c1ccc(Br)c(C)n1. The molecule has 1 heterocycles. The van der Waals surface area contributed by atoms with E-state index in [1.165, 1.54) is 20.0 Å². The number of carboxylic acids is 1. The molecular weight excluding hydrogens is 300 g/mol. The highest BCUT2D eigenvalue weighted by Gasteiger charge is 2.30. The summed E-state index contributed by atoms with van der Waals surface area (Å²) >= 11 is 3.27. The number of carbonyl (C=O) groups is 2. The Balaban J connectivity index is 3.18. The normalized spacial score (nSPS) is 13.2. The zero-order valence-corrected chi connectivity index (χ0v) is 11.9. The highest BCUT2D eigenvalue weighted by atomic mass is 79.9. The van der Waals surface area contributed by atoms with E-state index in [0.717, 1.165) is 4.47 Å². The van der Waals surface area contributed by atoms with Crippen molar-refractivity contribution < 1.29 is 14.7 Å². The van der Waals surface area contributed by atoms with Crippen LogP contribution in [0.2, 0.25) is 0 Å². The minimum atomic E-state index is -1.27. The number of halogens is 1. The minimum absolute atomic E-state index is 0.131. The number of aryl methyl sites for hydroxylation is 1. The summed E-state index contributed by atoms with van der Waals surface area (Å²) in [6, 6.07) is 3.17. The van der Waals surface area contributed by atoms with E-state index in [9.17, 15) is 9.59 Å². The van der Waals surface area contributed by atoms with Crippen LogP contribution in [-0.2, 0) is 4.79 Å². The quantitative estimate of drug-likeness (QED) is 0.524. The first-order valence-corrected chi connectivity index (χ1v) is 6.01. The van der Waals surface area contributed by atoms with Gasteiger partial charge < -0.3 is 5.11 Å². The largest absolute Gasteiger partial charge is 0.480 e. The Morgan fingerprint density at radius 1 is 1.44 bits per heavy atom. The number of ketones is 1. The van der Waals surface area contributed by atoms with E-state index < -0.39 is 17.7 Å². The molecule has 1 atom stereocenters. The van der Waals surface area contributed by atoms with Crippen LogP contribution in [0.3, 0.4) is 0 Å². The van der Waals surface area contributed by atoms with Gasteiger partial charge in [-0.1, -0.05) is 0 Å². The lowest BCUT2D eigenvalue weighted by molar-refractivity contribution is -0.137. The van der Waals surface area contributed by atoms with Gasteiger partial charge in [0.25, 0.3) is 0 Å². The van der Waals surface area contributed by atoms with Crippen LogP contribution in [0.1, 0.15) is 23.1 Å². The molecule has 0 amide bonds. The van der Waals surface area contributed by atoms with Crippen LogP contribution >= 0.6 is 15.9 Å². The number of carbonyl (C=O) groups excluding carboxylic acids is 1. The number of aliphatic carboxylic acids is 1. The van der Waals surface area contributed by atoms with E-state index in [0.29, 0.717) is 5.69 Å². The van der Waals surface area contributed by atoms with Gasteiger partial charge in [-0.15, -0.1) is 0 Å². The first kappa shape index (κ1) is 14.5. The zero-order chi connectivity index (χ0) is 13.9. The van der Waals surface area contributed by atoms with Crippen LogP contribution in [0.5, 0.6) is 0 Å². The summed E-state index contributed by atoms with van der Waals surface area (Å²) < 4.78 is 0.770. The van der Waals surface area contributed by atoms with E-state index in [2.05, 4.69) is 25.9 Å². The molecule has 0 aliphatic rings. The van der Waals surface area contributed by atoms with Gasteiger partial charge in [-0.05, 0) is 41.9 Å². The summed E-state index contributed by atoms with van der Waals surface area (Å²) in [6.07, 6.45) is 0. The second-order valence-corrected chi connectivity index (χ2v) is 4.62. The van der Waals surface area contributed by atoms with Crippen LogP contribution < -0.4 is 0 Å². The number of rotatable bonds is 4. The fourth-order valence-electron chi connectivity index (χ4n) is 1.44. The van der Waals surface area contributed by atoms with Crippen molar-refractivity contribution in [3.8, 4) is 0 Å². The van der Waals surface area contributed by atoms with Crippen LogP contribution in [0.4, 0.5) is 0 Å². The summed E-state index contributed by atoms with van der Waals surface area (Å²) in [5.74, 6) is -3.05. The number of aliphatic imine (C=N–C) groups is 1. The molecule has 0 saturated heterocycles. The predicted molar refractivity (Wildman–Crippen MR) is 71.2 cm³/mol. The lowest BCUT2D eigenvalue weighted by Crippen LogP contribution is -2.31. The second kappa shape index (κ2) is 5.86. The molecule has 1 aromatic rings. The molecule has 6 heteroatoms. The van der Waals surface area contributed by atoms with Gasteiger partial charge in [0.1, 0.15) is 5.69 Å². The van der Waals surface area contributed by atoms with Crippen LogP contribution in [0, 0.1) is 12.8 Å². The molecule has 5 nitrogen and oxygen atoms in total.